The van der Waals surface area contributed by atoms with Gasteiger partial charge in [0, 0.05) is 43.6 Å². The highest BCUT2D eigenvalue weighted by atomic mass is 32.2. The molecule has 1 aliphatic rings. The summed E-state index contributed by atoms with van der Waals surface area (Å²) < 4.78 is 5.28. The number of nitrogens with one attached hydrogen (secondary N) is 1. The number of piperidine rings is 1. The number of rotatable bonds is 9. The van der Waals surface area contributed by atoms with Crippen molar-refractivity contribution in [3.05, 3.63) is 95.6 Å². The summed E-state index contributed by atoms with van der Waals surface area (Å²) in [7, 11) is 1.58. The quantitative estimate of drug-likeness (QED) is 0.393. The van der Waals surface area contributed by atoms with Gasteiger partial charge in [-0.1, -0.05) is 42.5 Å². The van der Waals surface area contributed by atoms with Crippen LogP contribution in [0.3, 0.4) is 0 Å². The lowest BCUT2D eigenvalue weighted by Gasteiger charge is -2.47. The topological polar surface area (TPSA) is 79.0 Å². The van der Waals surface area contributed by atoms with E-state index in [9.17, 15) is 14.4 Å². The Morgan fingerprint density at radius 2 is 1.56 bits per heavy atom. The van der Waals surface area contributed by atoms with Gasteiger partial charge in [-0.05, 0) is 66.6 Å². The molecule has 8 heteroatoms. The molecular weight excluding hydrogens is 510 g/mol. The Labute approximate surface area is 234 Å². The van der Waals surface area contributed by atoms with E-state index in [1.165, 1.54) is 6.92 Å². The summed E-state index contributed by atoms with van der Waals surface area (Å²) in [5, 5.41) is 3.10. The molecular formula is C31H35N3O4S. The first-order chi connectivity index (χ1) is 18.9. The third-order valence-corrected chi connectivity index (χ3v) is 8.10. The zero-order chi connectivity index (χ0) is 27.8. The van der Waals surface area contributed by atoms with Crippen molar-refractivity contribution >= 4 is 29.5 Å². The summed E-state index contributed by atoms with van der Waals surface area (Å²) in [5.74, 6) is 0.166. The fourth-order valence-electron chi connectivity index (χ4n) is 4.97. The third kappa shape index (κ3) is 6.63. The van der Waals surface area contributed by atoms with E-state index in [4.69, 9.17) is 4.74 Å². The Balaban J connectivity index is 1.72. The van der Waals surface area contributed by atoms with Crippen molar-refractivity contribution in [2.24, 2.45) is 0 Å². The molecule has 1 aliphatic heterocycles. The van der Waals surface area contributed by atoms with E-state index in [2.05, 4.69) is 5.32 Å². The number of ether oxygens (including phenoxy) is 1. The fourth-order valence-corrected chi connectivity index (χ4v) is 5.38. The highest BCUT2D eigenvalue weighted by molar-refractivity contribution is 7.98. The minimum Gasteiger partial charge on any atom is -0.497 e. The second kappa shape index (κ2) is 12.8. The van der Waals surface area contributed by atoms with E-state index in [-0.39, 0.29) is 24.3 Å². The Kier molecular flexibility index (Phi) is 9.30. The highest BCUT2D eigenvalue weighted by Gasteiger charge is 2.48. The van der Waals surface area contributed by atoms with Crippen LogP contribution in [0.25, 0.3) is 0 Å². The van der Waals surface area contributed by atoms with Gasteiger partial charge in [0.15, 0.2) is 0 Å². The number of benzene rings is 3. The van der Waals surface area contributed by atoms with Crippen molar-refractivity contribution in [2.45, 2.75) is 43.3 Å². The molecule has 0 unspecified atom stereocenters. The second-order valence-corrected chi connectivity index (χ2v) is 10.6. The summed E-state index contributed by atoms with van der Waals surface area (Å²) in [5.41, 5.74) is 1.25. The van der Waals surface area contributed by atoms with Crippen molar-refractivity contribution in [1.82, 2.24) is 15.1 Å². The van der Waals surface area contributed by atoms with Crippen molar-refractivity contribution in [1.29, 1.82) is 0 Å². The maximum Gasteiger partial charge on any atom is 0.255 e. The molecule has 4 rings (SSSR count). The maximum absolute atomic E-state index is 14.2. The normalized spacial score (nSPS) is 14.4. The minimum atomic E-state index is -1.13. The lowest BCUT2D eigenvalue weighted by Crippen LogP contribution is -2.64. The first kappa shape index (κ1) is 28.2. The zero-order valence-corrected chi connectivity index (χ0v) is 23.5. The van der Waals surface area contributed by atoms with Gasteiger partial charge in [-0.2, -0.15) is 0 Å². The van der Waals surface area contributed by atoms with Gasteiger partial charge in [-0.3, -0.25) is 14.4 Å². The van der Waals surface area contributed by atoms with E-state index >= 15 is 0 Å². The Hall–Kier alpha value is -3.78. The number of hydrogen-bond donors (Lipinski definition) is 1. The molecule has 7 nitrogen and oxygen atoms in total. The van der Waals surface area contributed by atoms with Crippen LogP contribution in [0.4, 0.5) is 0 Å². The van der Waals surface area contributed by atoms with Crippen LogP contribution >= 0.6 is 11.8 Å². The van der Waals surface area contributed by atoms with Crippen molar-refractivity contribution in [3.8, 4) is 5.75 Å². The monoisotopic (exact) mass is 545 g/mol. The summed E-state index contributed by atoms with van der Waals surface area (Å²) in [6.45, 7) is 2.94. The SMILES string of the molecule is COc1ccc(C(=O)N(Cc2ccc(SC)cc2)C2(C(=O)NCc3ccccc3)CCN(C(C)=O)CC2)cc1. The molecule has 3 aromatic carbocycles. The molecule has 3 amide bonds. The summed E-state index contributed by atoms with van der Waals surface area (Å²) in [6.07, 6.45) is 2.71. The number of amides is 3. The largest absolute Gasteiger partial charge is 0.497 e. The molecule has 0 aromatic heterocycles. The molecule has 0 spiro atoms. The second-order valence-electron chi connectivity index (χ2n) is 9.67. The predicted octanol–water partition coefficient (Wildman–Crippen LogP) is 4.76. The molecule has 0 bridgehead atoms. The lowest BCUT2D eigenvalue weighted by atomic mass is 9.83. The van der Waals surface area contributed by atoms with Gasteiger partial charge < -0.3 is 19.9 Å². The van der Waals surface area contributed by atoms with Gasteiger partial charge in [0.1, 0.15) is 11.3 Å². The molecule has 1 fully saturated rings. The molecule has 0 atom stereocenters. The van der Waals surface area contributed by atoms with Gasteiger partial charge in [0.2, 0.25) is 11.8 Å². The highest BCUT2D eigenvalue weighted by Crippen LogP contribution is 2.33. The van der Waals surface area contributed by atoms with Gasteiger partial charge in [-0.15, -0.1) is 11.8 Å². The number of carbonyl (C=O) groups is 3. The zero-order valence-electron chi connectivity index (χ0n) is 22.7. The summed E-state index contributed by atoms with van der Waals surface area (Å²) >= 11 is 1.65. The van der Waals surface area contributed by atoms with E-state index < -0.39 is 5.54 Å². The number of nitrogens with zero attached hydrogens (tertiary/aromatic N) is 2. The average molecular weight is 546 g/mol. The van der Waals surface area contributed by atoms with Crippen LogP contribution in [0.5, 0.6) is 5.75 Å². The Bertz CT molecular complexity index is 1270. The van der Waals surface area contributed by atoms with E-state index in [1.807, 2.05) is 60.9 Å². The van der Waals surface area contributed by atoms with Crippen LogP contribution in [0.1, 0.15) is 41.3 Å². The van der Waals surface area contributed by atoms with Gasteiger partial charge in [0.05, 0.1) is 7.11 Å². The molecule has 1 saturated heterocycles. The van der Waals surface area contributed by atoms with Crippen LogP contribution in [-0.2, 0) is 22.7 Å². The first-order valence-corrected chi connectivity index (χ1v) is 14.3. The molecule has 204 valence electrons. The molecule has 3 aromatic rings. The van der Waals surface area contributed by atoms with E-state index in [0.717, 1.165) is 16.0 Å². The standard InChI is InChI=1S/C31H35N3O4S/c1-23(35)33-19-17-31(18-20-33,30(37)32-21-24-7-5-4-6-8-24)34(22-25-9-15-28(39-3)16-10-25)29(36)26-11-13-27(38-2)14-12-26/h4-16H,17-22H2,1-3H3,(H,32,37). The van der Waals surface area contributed by atoms with Crippen LogP contribution < -0.4 is 10.1 Å². The number of thioether (sulfide) groups is 1. The third-order valence-electron chi connectivity index (χ3n) is 7.35. The molecule has 0 saturated carbocycles. The Morgan fingerprint density at radius 3 is 2.13 bits per heavy atom. The van der Waals surface area contributed by atoms with Gasteiger partial charge in [0.25, 0.3) is 5.91 Å². The number of methoxy groups -OCH3 is 1. The van der Waals surface area contributed by atoms with Crippen LogP contribution in [0.15, 0.2) is 83.8 Å². The van der Waals surface area contributed by atoms with Crippen LogP contribution in [0.2, 0.25) is 0 Å². The molecule has 0 radical (unpaired) electrons. The lowest BCUT2D eigenvalue weighted by molar-refractivity contribution is -0.141. The van der Waals surface area contributed by atoms with E-state index in [0.29, 0.717) is 43.8 Å². The van der Waals surface area contributed by atoms with Crippen LogP contribution in [-0.4, -0.2) is 59.5 Å². The van der Waals surface area contributed by atoms with Gasteiger partial charge >= 0.3 is 0 Å². The maximum atomic E-state index is 14.2. The molecule has 39 heavy (non-hydrogen) atoms. The first-order valence-electron chi connectivity index (χ1n) is 13.0. The summed E-state index contributed by atoms with van der Waals surface area (Å²) in [4.78, 5) is 45.0. The van der Waals surface area contributed by atoms with Crippen molar-refractivity contribution in [2.75, 3.05) is 26.5 Å². The molecule has 1 heterocycles. The Morgan fingerprint density at radius 1 is 0.923 bits per heavy atom. The smallest absolute Gasteiger partial charge is 0.255 e. The van der Waals surface area contributed by atoms with E-state index in [1.54, 1.807) is 52.9 Å². The average Bonchev–Trinajstić information content (AvgIpc) is 2.99. The number of likely N-dealkylation sites (tertiary alicyclic amines) is 1. The number of hydrogen-bond acceptors (Lipinski definition) is 5. The predicted molar refractivity (Wildman–Crippen MR) is 154 cm³/mol. The summed E-state index contributed by atoms with van der Waals surface area (Å²) in [6, 6.07) is 24.7. The van der Waals surface area contributed by atoms with Crippen molar-refractivity contribution < 1.29 is 19.1 Å². The van der Waals surface area contributed by atoms with Gasteiger partial charge in [-0.25, -0.2) is 0 Å². The molecule has 0 aliphatic carbocycles. The van der Waals surface area contributed by atoms with Crippen LogP contribution in [0, 0.1) is 0 Å². The van der Waals surface area contributed by atoms with Crippen molar-refractivity contribution in [3.63, 3.8) is 0 Å². The molecule has 1 N–H and O–H groups in total. The number of carbonyl (C=O) groups excluding carboxylic acids is 3. The fraction of sp³-hybridized carbons (Fsp3) is 0.323. The minimum absolute atomic E-state index is 0.0334.